The van der Waals surface area contributed by atoms with E-state index in [4.69, 9.17) is 21.3 Å². The standard InChI is InChI=1S/C32H44ClFN6O/c1-8-26-20-39(31-13-12-30(37-22(31)4)32(35-7)41-24(6)36-9-2)21(3)19-40(26)27-14-16-38(17-15-27)23(5)25-10-11-28(33)29(34)18-25/h10-13,18,21,26-27,36H,5-6,8-9,14-17,19-20H2,1-4,7H3/t21-,26+/m1/s1. The van der Waals surface area contributed by atoms with Gasteiger partial charge in [0.2, 0.25) is 5.90 Å². The molecule has 1 aromatic heterocycles. The fourth-order valence-corrected chi connectivity index (χ4v) is 6.19. The summed E-state index contributed by atoms with van der Waals surface area (Å²) in [5, 5.41) is 3.20. The molecule has 0 spiro atoms. The summed E-state index contributed by atoms with van der Waals surface area (Å²) in [7, 11) is 1.70. The summed E-state index contributed by atoms with van der Waals surface area (Å²) < 4.78 is 19.8. The van der Waals surface area contributed by atoms with Gasteiger partial charge in [-0.25, -0.2) is 9.37 Å². The van der Waals surface area contributed by atoms with Crippen LogP contribution in [-0.4, -0.2) is 78.6 Å². The number of anilines is 1. The molecule has 9 heteroatoms. The van der Waals surface area contributed by atoms with Gasteiger partial charge >= 0.3 is 0 Å². The van der Waals surface area contributed by atoms with Crippen molar-refractivity contribution >= 4 is 28.9 Å². The van der Waals surface area contributed by atoms with E-state index in [2.05, 4.69) is 65.0 Å². The molecule has 0 saturated carbocycles. The number of aliphatic imine (C=N–C) groups is 1. The van der Waals surface area contributed by atoms with E-state index in [1.54, 1.807) is 13.1 Å². The summed E-state index contributed by atoms with van der Waals surface area (Å²) in [6.45, 7) is 21.3. The second-order valence-corrected chi connectivity index (χ2v) is 11.3. The van der Waals surface area contributed by atoms with Gasteiger partial charge in [0.05, 0.1) is 16.4 Å². The maximum absolute atomic E-state index is 14.0. The average Bonchev–Trinajstić information content (AvgIpc) is 2.97. The Bertz CT molecular complexity index is 1270. The Balaban J connectivity index is 1.40. The van der Waals surface area contributed by atoms with Crippen molar-refractivity contribution in [3.8, 4) is 0 Å². The second kappa shape index (κ2) is 13.7. The molecule has 2 saturated heterocycles. The Morgan fingerprint density at radius 3 is 2.51 bits per heavy atom. The molecule has 0 amide bonds. The Morgan fingerprint density at radius 1 is 1.17 bits per heavy atom. The van der Waals surface area contributed by atoms with E-state index < -0.39 is 5.82 Å². The van der Waals surface area contributed by atoms with Gasteiger partial charge in [-0.2, -0.15) is 0 Å². The van der Waals surface area contributed by atoms with Crippen molar-refractivity contribution in [2.45, 2.75) is 65.1 Å². The predicted octanol–water partition coefficient (Wildman–Crippen LogP) is 6.08. The molecule has 0 aliphatic carbocycles. The highest BCUT2D eigenvalue weighted by Crippen LogP contribution is 2.32. The molecule has 3 heterocycles. The Morgan fingerprint density at radius 2 is 1.90 bits per heavy atom. The number of piperidine rings is 1. The molecule has 2 aliphatic rings. The number of nitrogens with one attached hydrogen (secondary N) is 1. The number of piperazine rings is 1. The van der Waals surface area contributed by atoms with Gasteiger partial charge in [0.25, 0.3) is 0 Å². The molecule has 2 fully saturated rings. The molecule has 222 valence electrons. The molecular formula is C32H44ClFN6O. The van der Waals surface area contributed by atoms with Crippen LogP contribution >= 0.6 is 11.6 Å². The third-order valence-corrected chi connectivity index (χ3v) is 8.61. The Hall–Kier alpha value is -3.10. The van der Waals surface area contributed by atoms with Gasteiger partial charge in [-0.1, -0.05) is 31.2 Å². The van der Waals surface area contributed by atoms with E-state index in [0.29, 0.717) is 35.6 Å². The van der Waals surface area contributed by atoms with E-state index in [0.717, 1.165) is 74.6 Å². The van der Waals surface area contributed by atoms with Crippen LogP contribution in [0.3, 0.4) is 0 Å². The number of nitrogens with zero attached hydrogens (tertiary/aromatic N) is 5. The van der Waals surface area contributed by atoms with E-state index in [9.17, 15) is 4.39 Å². The molecule has 2 atom stereocenters. The zero-order chi connectivity index (χ0) is 29.7. The number of halogens is 2. The van der Waals surface area contributed by atoms with Crippen LogP contribution in [0.4, 0.5) is 10.1 Å². The van der Waals surface area contributed by atoms with Crippen LogP contribution in [0, 0.1) is 12.7 Å². The van der Waals surface area contributed by atoms with Crippen molar-refractivity contribution in [1.82, 2.24) is 20.1 Å². The van der Waals surface area contributed by atoms with Crippen LogP contribution in [0.15, 0.2) is 54.4 Å². The summed E-state index contributed by atoms with van der Waals surface area (Å²) in [6.07, 6.45) is 3.20. The van der Waals surface area contributed by atoms with Crippen molar-refractivity contribution in [1.29, 1.82) is 0 Å². The number of benzene rings is 1. The number of rotatable bonds is 9. The first kappa shape index (κ1) is 30.8. The van der Waals surface area contributed by atoms with E-state index in [1.807, 2.05) is 19.1 Å². The first-order valence-electron chi connectivity index (χ1n) is 14.6. The van der Waals surface area contributed by atoms with Crippen LogP contribution in [0.2, 0.25) is 5.02 Å². The zero-order valence-corrected chi connectivity index (χ0v) is 25.8. The maximum Gasteiger partial charge on any atom is 0.242 e. The molecular weight excluding hydrogens is 539 g/mol. The molecule has 0 unspecified atom stereocenters. The topological polar surface area (TPSA) is 56.2 Å². The van der Waals surface area contributed by atoms with Gasteiger partial charge in [0.1, 0.15) is 11.5 Å². The van der Waals surface area contributed by atoms with Crippen molar-refractivity contribution in [3.63, 3.8) is 0 Å². The summed E-state index contributed by atoms with van der Waals surface area (Å²) in [4.78, 5) is 16.7. The average molecular weight is 583 g/mol. The fourth-order valence-electron chi connectivity index (χ4n) is 6.08. The first-order valence-corrected chi connectivity index (χ1v) is 15.0. The van der Waals surface area contributed by atoms with Crippen molar-refractivity contribution in [3.05, 3.63) is 77.2 Å². The lowest BCUT2D eigenvalue weighted by atomic mass is 9.95. The minimum Gasteiger partial charge on any atom is -0.422 e. The van der Waals surface area contributed by atoms with Crippen LogP contribution in [0.5, 0.6) is 0 Å². The van der Waals surface area contributed by atoms with Crippen LogP contribution in [0.1, 0.15) is 57.0 Å². The lowest BCUT2D eigenvalue weighted by Gasteiger charge is -2.51. The number of hydrogen-bond acceptors (Lipinski definition) is 7. The molecule has 2 aromatic rings. The minimum atomic E-state index is -0.402. The number of aryl methyl sites for hydroxylation is 1. The number of likely N-dealkylation sites (tertiary alicyclic amines) is 1. The van der Waals surface area contributed by atoms with Crippen LogP contribution in [0.25, 0.3) is 5.70 Å². The third-order valence-electron chi connectivity index (χ3n) is 8.31. The second-order valence-electron chi connectivity index (χ2n) is 10.9. The Kier molecular flexibility index (Phi) is 10.3. The predicted molar refractivity (Wildman–Crippen MR) is 168 cm³/mol. The largest absolute Gasteiger partial charge is 0.422 e. The molecule has 2 aliphatic heterocycles. The van der Waals surface area contributed by atoms with Gasteiger partial charge in [-0.3, -0.25) is 9.89 Å². The summed E-state index contributed by atoms with van der Waals surface area (Å²) in [5.74, 6) is 0.506. The molecule has 0 bridgehead atoms. The SMILES string of the molecule is C=C(NCC)OC(=NC)c1ccc(N2C[C@H](CC)N(C3CCN(C(=C)c4ccc(Cl)c(F)c4)CC3)C[C@H]2C)c(C)n1. The highest BCUT2D eigenvalue weighted by atomic mass is 35.5. The fraction of sp³-hybridized carbons (Fsp3) is 0.500. The van der Waals surface area contributed by atoms with E-state index >= 15 is 0 Å². The van der Waals surface area contributed by atoms with Crippen molar-refractivity contribution < 1.29 is 9.13 Å². The minimum absolute atomic E-state index is 0.140. The number of hydrogen-bond donors (Lipinski definition) is 1. The van der Waals surface area contributed by atoms with Crippen molar-refractivity contribution in [2.24, 2.45) is 4.99 Å². The normalized spacial score (nSPS) is 20.7. The van der Waals surface area contributed by atoms with Gasteiger partial charge < -0.3 is 19.9 Å². The molecule has 7 nitrogen and oxygen atoms in total. The molecule has 1 aromatic carbocycles. The summed E-state index contributed by atoms with van der Waals surface area (Å²) in [6, 6.07) is 10.4. The van der Waals surface area contributed by atoms with Gasteiger partial charge in [-0.05, 0) is 70.9 Å². The zero-order valence-electron chi connectivity index (χ0n) is 25.1. The Labute approximate surface area is 249 Å². The van der Waals surface area contributed by atoms with Gasteiger partial charge in [0.15, 0.2) is 5.88 Å². The lowest BCUT2D eigenvalue weighted by molar-refractivity contribution is 0.0643. The number of ether oxygens (including phenoxy) is 1. The van der Waals surface area contributed by atoms with E-state index in [1.165, 1.54) is 6.07 Å². The highest BCUT2D eigenvalue weighted by molar-refractivity contribution is 6.30. The quantitative estimate of drug-likeness (QED) is 0.220. The monoisotopic (exact) mass is 582 g/mol. The summed E-state index contributed by atoms with van der Waals surface area (Å²) in [5.41, 5.74) is 4.47. The van der Waals surface area contributed by atoms with Crippen LogP contribution < -0.4 is 10.2 Å². The summed E-state index contributed by atoms with van der Waals surface area (Å²) >= 11 is 5.88. The lowest BCUT2D eigenvalue weighted by Crippen LogP contribution is -2.61. The maximum atomic E-state index is 14.0. The molecule has 41 heavy (non-hydrogen) atoms. The van der Waals surface area contributed by atoms with Gasteiger partial charge in [0, 0.05) is 69.2 Å². The van der Waals surface area contributed by atoms with Crippen LogP contribution in [-0.2, 0) is 4.74 Å². The first-order chi connectivity index (χ1) is 19.7. The smallest absolute Gasteiger partial charge is 0.242 e. The number of pyridine rings is 1. The number of aromatic nitrogens is 1. The van der Waals surface area contributed by atoms with E-state index in [-0.39, 0.29) is 5.02 Å². The molecule has 0 radical (unpaired) electrons. The van der Waals surface area contributed by atoms with Gasteiger partial charge in [-0.15, -0.1) is 0 Å². The van der Waals surface area contributed by atoms with Crippen molar-refractivity contribution in [2.75, 3.05) is 44.7 Å². The highest BCUT2D eigenvalue weighted by Gasteiger charge is 2.37. The molecule has 1 N–H and O–H groups in total. The molecule has 4 rings (SSSR count). The third kappa shape index (κ3) is 7.04.